The van der Waals surface area contributed by atoms with Crippen molar-refractivity contribution in [1.82, 2.24) is 0 Å². The minimum atomic E-state index is -5.16. The van der Waals surface area contributed by atoms with Crippen LogP contribution in [0.3, 0.4) is 0 Å². The van der Waals surface area contributed by atoms with Crippen LogP contribution in [0.25, 0.3) is 0 Å². The standard InChI is InChI=1S/C16H13ClF3NO4S/c1-15(24,16(18,19)20)14(23)21-13-7-6-11(8-12(13)17)26(25)10-4-2-9(22)3-5-10/h2-8,22,24H,1H3,(H,21,23). The monoisotopic (exact) mass is 407 g/mol. The number of nitrogens with one attached hydrogen (secondary N) is 1. The number of phenols is 1. The van der Waals surface area contributed by atoms with Gasteiger partial charge in [0.25, 0.3) is 5.91 Å². The molecule has 0 aromatic heterocycles. The minimum Gasteiger partial charge on any atom is -0.606 e. The van der Waals surface area contributed by atoms with Crippen LogP contribution in [0.5, 0.6) is 5.75 Å². The molecule has 0 aliphatic carbocycles. The summed E-state index contributed by atoms with van der Waals surface area (Å²) < 4.78 is 50.4. The van der Waals surface area contributed by atoms with E-state index in [0.717, 1.165) is 0 Å². The average molecular weight is 408 g/mol. The van der Waals surface area contributed by atoms with E-state index in [9.17, 15) is 32.7 Å². The van der Waals surface area contributed by atoms with Gasteiger partial charge in [-0.05, 0) is 43.3 Å². The van der Waals surface area contributed by atoms with E-state index in [-0.39, 0.29) is 21.4 Å². The molecule has 1 amide bonds. The van der Waals surface area contributed by atoms with E-state index < -0.39 is 28.9 Å². The molecule has 2 atom stereocenters. The van der Waals surface area contributed by atoms with Gasteiger partial charge in [-0.15, -0.1) is 0 Å². The zero-order valence-corrected chi connectivity index (χ0v) is 14.7. The Balaban J connectivity index is 2.22. The van der Waals surface area contributed by atoms with Gasteiger partial charge in [0.2, 0.25) is 5.60 Å². The number of carbonyl (C=O) groups excluding carboxylic acids is 1. The summed E-state index contributed by atoms with van der Waals surface area (Å²) in [5.74, 6) is -1.70. The van der Waals surface area contributed by atoms with Crippen LogP contribution in [0.4, 0.5) is 18.9 Å². The molecule has 0 fully saturated rings. The third-order valence-electron chi connectivity index (χ3n) is 3.45. The minimum absolute atomic E-state index is 0.00133. The summed E-state index contributed by atoms with van der Waals surface area (Å²) in [5, 5.41) is 20.3. The summed E-state index contributed by atoms with van der Waals surface area (Å²) in [6.07, 6.45) is -5.16. The number of halogens is 4. The van der Waals surface area contributed by atoms with Crippen molar-refractivity contribution < 1.29 is 32.7 Å². The first-order valence-electron chi connectivity index (χ1n) is 7.04. The molecule has 0 bridgehead atoms. The van der Waals surface area contributed by atoms with Gasteiger partial charge in [-0.25, -0.2) is 0 Å². The lowest BCUT2D eigenvalue weighted by atomic mass is 10.1. The maximum absolute atomic E-state index is 12.7. The fraction of sp³-hybridized carbons (Fsp3) is 0.188. The first-order valence-corrected chi connectivity index (χ1v) is 8.57. The fourth-order valence-corrected chi connectivity index (χ4v) is 3.16. The normalized spacial score (nSPS) is 15.2. The predicted molar refractivity (Wildman–Crippen MR) is 89.5 cm³/mol. The van der Waals surface area contributed by atoms with Gasteiger partial charge < -0.3 is 20.1 Å². The van der Waals surface area contributed by atoms with E-state index in [4.69, 9.17) is 11.6 Å². The number of anilines is 1. The van der Waals surface area contributed by atoms with E-state index in [1.807, 2.05) is 5.32 Å². The van der Waals surface area contributed by atoms with Crippen LogP contribution in [0, 0.1) is 0 Å². The molecule has 140 valence electrons. The molecule has 10 heteroatoms. The van der Waals surface area contributed by atoms with Gasteiger partial charge in [0.1, 0.15) is 5.75 Å². The fourth-order valence-electron chi connectivity index (χ4n) is 1.79. The van der Waals surface area contributed by atoms with Gasteiger partial charge in [0.15, 0.2) is 9.79 Å². The number of hydrogen-bond acceptors (Lipinski definition) is 4. The molecule has 2 rings (SSSR count). The summed E-state index contributed by atoms with van der Waals surface area (Å²) in [5.41, 5.74) is -3.77. The number of hydrogen-bond donors (Lipinski definition) is 3. The highest BCUT2D eigenvalue weighted by atomic mass is 35.5. The number of phenolic OH excluding ortho intramolecular Hbond substituents is 1. The smallest absolute Gasteiger partial charge is 0.426 e. The molecule has 0 heterocycles. The number of alkyl halides is 3. The van der Waals surface area contributed by atoms with Crippen molar-refractivity contribution in [2.75, 3.05) is 5.32 Å². The Morgan fingerprint density at radius 2 is 1.69 bits per heavy atom. The van der Waals surface area contributed by atoms with Crippen molar-refractivity contribution in [2.24, 2.45) is 0 Å². The van der Waals surface area contributed by atoms with E-state index in [0.29, 0.717) is 11.8 Å². The second-order valence-electron chi connectivity index (χ2n) is 5.43. The van der Waals surface area contributed by atoms with E-state index in [2.05, 4.69) is 0 Å². The van der Waals surface area contributed by atoms with Crippen molar-refractivity contribution in [1.29, 1.82) is 0 Å². The van der Waals surface area contributed by atoms with Crippen LogP contribution in [0.1, 0.15) is 6.92 Å². The van der Waals surface area contributed by atoms with E-state index in [1.54, 1.807) is 0 Å². The number of rotatable bonds is 4. The molecule has 3 N–H and O–H groups in total. The maximum atomic E-state index is 12.7. The highest BCUT2D eigenvalue weighted by Gasteiger charge is 2.55. The molecule has 0 aliphatic rings. The molecule has 5 nitrogen and oxygen atoms in total. The van der Waals surface area contributed by atoms with E-state index >= 15 is 0 Å². The Morgan fingerprint density at radius 1 is 1.15 bits per heavy atom. The highest BCUT2D eigenvalue weighted by molar-refractivity contribution is 7.91. The molecule has 2 aromatic rings. The topological polar surface area (TPSA) is 92.6 Å². The Morgan fingerprint density at radius 3 is 2.19 bits per heavy atom. The summed E-state index contributed by atoms with van der Waals surface area (Å²) in [7, 11) is 0. The molecule has 0 aliphatic heterocycles. The summed E-state index contributed by atoms with van der Waals surface area (Å²) in [6, 6.07) is 9.30. The molecule has 0 saturated carbocycles. The van der Waals surface area contributed by atoms with Gasteiger partial charge in [0, 0.05) is 17.2 Å². The molecule has 26 heavy (non-hydrogen) atoms. The van der Waals surface area contributed by atoms with Crippen LogP contribution in [0.2, 0.25) is 5.02 Å². The van der Waals surface area contributed by atoms with Crippen LogP contribution in [-0.4, -0.2) is 32.5 Å². The lowest BCUT2D eigenvalue weighted by Gasteiger charge is -2.25. The largest absolute Gasteiger partial charge is 0.606 e. The molecule has 2 aromatic carbocycles. The third kappa shape index (κ3) is 4.24. The van der Waals surface area contributed by atoms with Crippen LogP contribution >= 0.6 is 11.6 Å². The number of aliphatic hydroxyl groups is 1. The van der Waals surface area contributed by atoms with Crippen molar-refractivity contribution in [2.45, 2.75) is 28.5 Å². The first-order chi connectivity index (χ1) is 11.9. The second-order valence-corrected chi connectivity index (χ2v) is 7.32. The number of carbonyl (C=O) groups is 1. The van der Waals surface area contributed by atoms with Gasteiger partial charge in [-0.1, -0.05) is 11.6 Å². The van der Waals surface area contributed by atoms with Crippen molar-refractivity contribution >= 4 is 34.4 Å². The highest BCUT2D eigenvalue weighted by Crippen LogP contribution is 2.33. The Hall–Kier alpha value is -1.94. The summed E-state index contributed by atoms with van der Waals surface area (Å²) >= 11 is 4.29. The number of aromatic hydroxyl groups is 1. The summed E-state index contributed by atoms with van der Waals surface area (Å²) in [6.45, 7) is 0.324. The Bertz CT molecular complexity index is 812. The second kappa shape index (κ2) is 7.36. The molecular formula is C16H13ClF3NO4S. The summed E-state index contributed by atoms with van der Waals surface area (Å²) in [4.78, 5) is 12.3. The lowest BCUT2D eigenvalue weighted by molar-refractivity contribution is -0.242. The van der Waals surface area contributed by atoms with Gasteiger partial charge in [0.05, 0.1) is 10.7 Å². The van der Waals surface area contributed by atoms with Crippen molar-refractivity contribution in [3.63, 3.8) is 0 Å². The molecule has 0 spiro atoms. The van der Waals surface area contributed by atoms with Gasteiger partial charge in [-0.3, -0.25) is 4.79 Å². The molecule has 0 saturated heterocycles. The van der Waals surface area contributed by atoms with Crippen LogP contribution < -0.4 is 5.32 Å². The zero-order valence-electron chi connectivity index (χ0n) is 13.2. The Labute approximate surface area is 154 Å². The van der Waals surface area contributed by atoms with Crippen LogP contribution in [-0.2, 0) is 16.0 Å². The molecule has 2 unspecified atom stereocenters. The SMILES string of the molecule is CC(O)(C(=O)Nc1ccc([S+]([O-])c2ccc(O)cc2)cc1Cl)C(F)(F)F. The number of benzene rings is 2. The predicted octanol–water partition coefficient (Wildman–Crippen LogP) is 3.46. The average Bonchev–Trinajstić information content (AvgIpc) is 2.55. The quantitative estimate of drug-likeness (QED) is 0.677. The van der Waals surface area contributed by atoms with Crippen LogP contribution in [0.15, 0.2) is 52.3 Å². The molecule has 0 radical (unpaired) electrons. The lowest BCUT2D eigenvalue weighted by Crippen LogP contribution is -2.52. The van der Waals surface area contributed by atoms with Crippen molar-refractivity contribution in [3.05, 3.63) is 47.5 Å². The zero-order chi connectivity index (χ0) is 19.7. The van der Waals surface area contributed by atoms with Gasteiger partial charge >= 0.3 is 6.18 Å². The third-order valence-corrected chi connectivity index (χ3v) is 5.14. The molecular weight excluding hydrogens is 395 g/mol. The maximum Gasteiger partial charge on any atom is 0.426 e. The van der Waals surface area contributed by atoms with E-state index in [1.165, 1.54) is 42.5 Å². The van der Waals surface area contributed by atoms with Crippen molar-refractivity contribution in [3.8, 4) is 5.75 Å². The van der Waals surface area contributed by atoms with Gasteiger partial charge in [-0.2, -0.15) is 13.2 Å². The Kier molecular flexibility index (Phi) is 5.76. The first kappa shape index (κ1) is 20.4. The number of amides is 1.